The van der Waals surface area contributed by atoms with Crippen molar-refractivity contribution in [2.24, 2.45) is 5.92 Å². The molecule has 31 heavy (non-hydrogen) atoms. The normalized spacial score (nSPS) is 22.5. The molecule has 3 aromatic rings. The number of fused-ring (bicyclic) bond motifs is 2. The lowest BCUT2D eigenvalue weighted by atomic mass is 9.90. The molecule has 4 heterocycles. The van der Waals surface area contributed by atoms with Crippen LogP contribution in [0.1, 0.15) is 41.6 Å². The standard InChI is InChI=1S/C23H24FN5O2/c1-15-2-7-21(29-26-10-11-27-29)19(12-15)23(30)28-18-5-3-16(20(28)8-6-18)14-31-22-9-4-17(24)13-25-22/h2,4,7,9-13,16,18,20H,3,5-6,8,14H2,1H3/t16?,18?,20-/m0/s1. The summed E-state index contributed by atoms with van der Waals surface area (Å²) in [6.45, 7) is 2.44. The van der Waals surface area contributed by atoms with Gasteiger partial charge in [0.2, 0.25) is 5.88 Å². The van der Waals surface area contributed by atoms with E-state index >= 15 is 0 Å². The highest BCUT2D eigenvalue weighted by Gasteiger charge is 2.45. The molecule has 2 bridgehead atoms. The van der Waals surface area contributed by atoms with E-state index in [1.165, 1.54) is 16.9 Å². The minimum atomic E-state index is -0.388. The molecule has 160 valence electrons. The summed E-state index contributed by atoms with van der Waals surface area (Å²) in [6, 6.07) is 9.02. The highest BCUT2D eigenvalue weighted by molar-refractivity contribution is 5.98. The molecule has 2 unspecified atom stereocenters. The van der Waals surface area contributed by atoms with Crippen LogP contribution >= 0.6 is 0 Å². The fraction of sp³-hybridized carbons (Fsp3) is 0.391. The van der Waals surface area contributed by atoms with E-state index in [2.05, 4.69) is 20.1 Å². The van der Waals surface area contributed by atoms with Gasteiger partial charge in [-0.25, -0.2) is 9.37 Å². The van der Waals surface area contributed by atoms with Gasteiger partial charge in [0.15, 0.2) is 0 Å². The molecule has 0 radical (unpaired) electrons. The van der Waals surface area contributed by atoms with Crippen molar-refractivity contribution in [3.8, 4) is 11.6 Å². The van der Waals surface area contributed by atoms with E-state index in [9.17, 15) is 9.18 Å². The largest absolute Gasteiger partial charge is 0.477 e. The quantitative estimate of drug-likeness (QED) is 0.630. The van der Waals surface area contributed by atoms with Crippen molar-refractivity contribution in [1.82, 2.24) is 24.9 Å². The molecule has 2 saturated heterocycles. The van der Waals surface area contributed by atoms with Crippen molar-refractivity contribution in [3.05, 3.63) is 65.9 Å². The number of rotatable bonds is 5. The van der Waals surface area contributed by atoms with E-state index in [0.29, 0.717) is 23.7 Å². The van der Waals surface area contributed by atoms with Crippen molar-refractivity contribution >= 4 is 5.91 Å². The van der Waals surface area contributed by atoms with Gasteiger partial charge in [-0.15, -0.1) is 0 Å². The van der Waals surface area contributed by atoms with Gasteiger partial charge in [-0.3, -0.25) is 4.79 Å². The summed E-state index contributed by atoms with van der Waals surface area (Å²) >= 11 is 0. The third kappa shape index (κ3) is 3.78. The Balaban J connectivity index is 1.38. The number of ether oxygens (including phenoxy) is 1. The molecule has 2 aliphatic heterocycles. The highest BCUT2D eigenvalue weighted by Crippen LogP contribution is 2.40. The van der Waals surface area contributed by atoms with Crippen molar-refractivity contribution in [3.63, 3.8) is 0 Å². The first kappa shape index (κ1) is 19.7. The maximum absolute atomic E-state index is 13.7. The number of aryl methyl sites for hydroxylation is 1. The van der Waals surface area contributed by atoms with Gasteiger partial charge in [-0.2, -0.15) is 15.0 Å². The number of aromatic nitrogens is 4. The molecule has 8 heteroatoms. The van der Waals surface area contributed by atoms with E-state index in [4.69, 9.17) is 4.74 Å². The Hall–Kier alpha value is -3.29. The van der Waals surface area contributed by atoms with Crippen LogP contribution in [0.15, 0.2) is 48.9 Å². The van der Waals surface area contributed by atoms with Crippen LogP contribution in [0.2, 0.25) is 0 Å². The van der Waals surface area contributed by atoms with Crippen molar-refractivity contribution < 1.29 is 13.9 Å². The number of carbonyl (C=O) groups excluding carboxylic acids is 1. The number of pyridine rings is 1. The average molecular weight is 421 g/mol. The molecule has 0 aliphatic carbocycles. The second-order valence-electron chi connectivity index (χ2n) is 8.31. The summed E-state index contributed by atoms with van der Waals surface area (Å²) in [4.78, 5) is 21.3. The smallest absolute Gasteiger partial charge is 0.256 e. The second kappa shape index (κ2) is 8.09. The number of benzene rings is 1. The Kier molecular flexibility index (Phi) is 5.13. The molecule has 0 spiro atoms. The Morgan fingerprint density at radius 3 is 2.71 bits per heavy atom. The number of piperidine rings is 1. The first-order valence-electron chi connectivity index (χ1n) is 10.6. The predicted molar refractivity (Wildman–Crippen MR) is 111 cm³/mol. The maximum Gasteiger partial charge on any atom is 0.256 e. The van der Waals surface area contributed by atoms with Crippen LogP contribution in [0.5, 0.6) is 5.88 Å². The van der Waals surface area contributed by atoms with Gasteiger partial charge in [-0.05, 0) is 50.8 Å². The molecule has 0 saturated carbocycles. The number of hydrogen-bond donors (Lipinski definition) is 0. The van der Waals surface area contributed by atoms with E-state index in [-0.39, 0.29) is 29.7 Å². The first-order valence-corrected chi connectivity index (χ1v) is 10.6. The van der Waals surface area contributed by atoms with Crippen LogP contribution in [0, 0.1) is 18.7 Å². The van der Waals surface area contributed by atoms with Crippen LogP contribution in [-0.4, -0.2) is 49.5 Å². The summed E-state index contributed by atoms with van der Waals surface area (Å²) in [7, 11) is 0. The SMILES string of the molecule is Cc1ccc(-n2nccn2)c(C(=O)N2C3CCC(COc4ccc(F)cn4)[C@@H]2CC3)c1. The summed E-state index contributed by atoms with van der Waals surface area (Å²) in [5, 5.41) is 8.45. The molecule has 0 N–H and O–H groups in total. The lowest BCUT2D eigenvalue weighted by molar-refractivity contribution is 0.0402. The van der Waals surface area contributed by atoms with E-state index in [0.717, 1.165) is 37.4 Å². The van der Waals surface area contributed by atoms with Gasteiger partial charge < -0.3 is 9.64 Å². The molecule has 3 atom stereocenters. The van der Waals surface area contributed by atoms with E-state index in [1.807, 2.05) is 25.1 Å². The first-order chi connectivity index (χ1) is 15.1. The summed E-state index contributed by atoms with van der Waals surface area (Å²) in [5.74, 6) is 0.255. The van der Waals surface area contributed by atoms with Gasteiger partial charge in [0.25, 0.3) is 5.91 Å². The molecule has 1 aromatic carbocycles. The molecule has 2 aliphatic rings. The zero-order chi connectivity index (χ0) is 21.4. The average Bonchev–Trinajstić information content (AvgIpc) is 3.41. The zero-order valence-corrected chi connectivity index (χ0v) is 17.3. The third-order valence-electron chi connectivity index (χ3n) is 6.36. The topological polar surface area (TPSA) is 73.1 Å². The van der Waals surface area contributed by atoms with Gasteiger partial charge in [0, 0.05) is 24.1 Å². The lowest BCUT2D eigenvalue weighted by Crippen LogP contribution is -2.49. The molecule has 2 aromatic heterocycles. The van der Waals surface area contributed by atoms with Crippen LogP contribution in [0.25, 0.3) is 5.69 Å². The molecule has 5 rings (SSSR count). The summed E-state index contributed by atoms with van der Waals surface area (Å²) < 4.78 is 18.9. The van der Waals surface area contributed by atoms with Crippen LogP contribution in [0.3, 0.4) is 0 Å². The fourth-order valence-corrected chi connectivity index (χ4v) is 4.88. The van der Waals surface area contributed by atoms with Gasteiger partial charge in [-0.1, -0.05) is 11.6 Å². The highest BCUT2D eigenvalue weighted by atomic mass is 19.1. The number of amides is 1. The number of carbonyl (C=O) groups is 1. The number of nitrogens with zero attached hydrogens (tertiary/aromatic N) is 5. The van der Waals surface area contributed by atoms with Crippen LogP contribution in [-0.2, 0) is 0 Å². The Bertz CT molecular complexity index is 1070. The summed E-state index contributed by atoms with van der Waals surface area (Å²) in [5.41, 5.74) is 2.33. The van der Waals surface area contributed by atoms with Crippen molar-refractivity contribution in [1.29, 1.82) is 0 Å². The van der Waals surface area contributed by atoms with E-state index in [1.54, 1.807) is 12.4 Å². The van der Waals surface area contributed by atoms with Gasteiger partial charge in [0.1, 0.15) is 5.82 Å². The van der Waals surface area contributed by atoms with Gasteiger partial charge >= 0.3 is 0 Å². The van der Waals surface area contributed by atoms with Gasteiger partial charge in [0.05, 0.1) is 36.4 Å². The monoisotopic (exact) mass is 421 g/mol. The minimum Gasteiger partial charge on any atom is -0.477 e. The minimum absolute atomic E-state index is 0.0214. The number of hydrogen-bond acceptors (Lipinski definition) is 5. The maximum atomic E-state index is 13.7. The predicted octanol–water partition coefficient (Wildman–Crippen LogP) is 3.57. The molecule has 7 nitrogen and oxygen atoms in total. The zero-order valence-electron chi connectivity index (χ0n) is 17.3. The fourth-order valence-electron chi connectivity index (χ4n) is 4.88. The summed E-state index contributed by atoms with van der Waals surface area (Å²) in [6.07, 6.45) is 8.28. The Morgan fingerprint density at radius 1 is 1.13 bits per heavy atom. The van der Waals surface area contributed by atoms with Crippen molar-refractivity contribution in [2.45, 2.75) is 44.7 Å². The molecule has 1 amide bonds. The van der Waals surface area contributed by atoms with Crippen molar-refractivity contribution in [2.75, 3.05) is 6.61 Å². The Morgan fingerprint density at radius 2 is 1.94 bits per heavy atom. The van der Waals surface area contributed by atoms with E-state index < -0.39 is 0 Å². The van der Waals surface area contributed by atoms with Crippen LogP contribution in [0.4, 0.5) is 4.39 Å². The number of halogens is 1. The van der Waals surface area contributed by atoms with Crippen LogP contribution < -0.4 is 4.74 Å². The molecular formula is C23H24FN5O2. The lowest BCUT2D eigenvalue weighted by Gasteiger charge is -2.40. The second-order valence-corrected chi connectivity index (χ2v) is 8.31. The molecular weight excluding hydrogens is 397 g/mol. The Labute approximate surface area is 179 Å². The molecule has 2 fully saturated rings. The third-order valence-corrected chi connectivity index (χ3v) is 6.36.